The Kier molecular flexibility index (Phi) is 27.7. The molecule has 0 fully saturated rings. The largest absolute Gasteiger partial charge is 0.453 e. The van der Waals surface area contributed by atoms with E-state index in [9.17, 15) is 19.2 Å². The van der Waals surface area contributed by atoms with Crippen LogP contribution in [-0.4, -0.2) is 102 Å². The van der Waals surface area contributed by atoms with Gasteiger partial charge in [0.25, 0.3) is 0 Å². The first-order valence-electron chi connectivity index (χ1n) is 21.7. The fourth-order valence-corrected chi connectivity index (χ4v) is 7.68. The van der Waals surface area contributed by atoms with Gasteiger partial charge in [-0.1, -0.05) is 167 Å². The van der Waals surface area contributed by atoms with E-state index in [4.69, 9.17) is 91.3 Å². The predicted octanol–water partition coefficient (Wildman–Crippen LogP) is 11.0. The third-order valence-electron chi connectivity index (χ3n) is 9.09. The monoisotopic (exact) mass is 1290 g/mol. The lowest BCUT2D eigenvalue weighted by atomic mass is 10.2. The van der Waals surface area contributed by atoms with Gasteiger partial charge in [0.15, 0.2) is 16.4 Å². The lowest BCUT2D eigenvalue weighted by molar-refractivity contribution is -0.146. The number of amides is 2. The van der Waals surface area contributed by atoms with Gasteiger partial charge < -0.3 is 45.5 Å². The Hall–Kier alpha value is -5.04. The van der Waals surface area contributed by atoms with E-state index in [1.165, 1.54) is 26.4 Å². The number of hydrogen-bond acceptors (Lipinski definition) is 13. The zero-order valence-corrected chi connectivity index (χ0v) is 47.9. The molecule has 0 aliphatic rings. The highest BCUT2D eigenvalue weighted by Gasteiger charge is 2.35. The molecule has 2 heterocycles. The molecule has 2 amide bonds. The summed E-state index contributed by atoms with van der Waals surface area (Å²) in [6.07, 6.45) is 6.95. The third-order valence-corrected chi connectivity index (χ3v) is 11.6. The summed E-state index contributed by atoms with van der Waals surface area (Å²) in [6, 6.07) is 37.3. The van der Waals surface area contributed by atoms with Crippen LogP contribution in [0.2, 0.25) is 0 Å². The molecule has 5 N–H and O–H groups in total. The number of anilines is 2. The van der Waals surface area contributed by atoms with Crippen molar-refractivity contribution in [3.8, 4) is 0 Å². The van der Waals surface area contributed by atoms with Gasteiger partial charge in [-0.05, 0) is 94.1 Å². The van der Waals surface area contributed by atoms with E-state index in [0.717, 1.165) is 39.2 Å². The molecule has 75 heavy (non-hydrogen) atoms. The fourth-order valence-electron chi connectivity index (χ4n) is 5.80. The van der Waals surface area contributed by atoms with Crippen molar-refractivity contribution in [2.45, 2.75) is 19.9 Å². The molecule has 2 atom stereocenters. The number of alkyl halides is 7. The molecule has 6 rings (SSSR count). The molecule has 0 saturated heterocycles. The summed E-state index contributed by atoms with van der Waals surface area (Å²) in [7, 11) is 2.84. The number of hydrogen-bond donors (Lipinski definition) is 5. The molecule has 2 aromatic heterocycles. The van der Waals surface area contributed by atoms with Gasteiger partial charge in [0.05, 0.1) is 22.4 Å². The van der Waals surface area contributed by atoms with E-state index >= 15 is 0 Å². The van der Waals surface area contributed by atoms with Gasteiger partial charge in [-0.3, -0.25) is 19.6 Å². The maximum absolute atomic E-state index is 12.6. The molecule has 0 saturated carbocycles. The number of pyridine rings is 2. The second kappa shape index (κ2) is 33.2. The number of esters is 2. The number of rotatable bonds is 17. The Balaban J connectivity index is 0.000000287. The van der Waals surface area contributed by atoms with Crippen LogP contribution in [0.15, 0.2) is 151 Å². The molecule has 0 spiro atoms. The van der Waals surface area contributed by atoms with E-state index in [2.05, 4.69) is 51.0 Å². The highest BCUT2D eigenvalue weighted by Crippen LogP contribution is 2.33. The van der Waals surface area contributed by atoms with Gasteiger partial charge >= 0.3 is 11.9 Å². The molecule has 396 valence electrons. The quantitative estimate of drug-likeness (QED) is 0.00843. The van der Waals surface area contributed by atoms with Gasteiger partial charge in [0, 0.05) is 49.5 Å². The summed E-state index contributed by atoms with van der Waals surface area (Å²) in [5.41, 5.74) is 4.41. The van der Waals surface area contributed by atoms with Crippen LogP contribution in [0.4, 0.5) is 11.4 Å². The SMILES string of the molecule is COCC(=O)OCI.COCC(=O)OCSC(=NC(NC(=O)/C=C/c1ccccc1)C(Cl)(Cl)Cl)Nc1cccc2cccnc12.O=C(/C=C/c1ccccc1)NC(NC(=S)Nc1cccc2cccnc12)C(Cl)(Cl)Cl. The number of carbonyl (C=O) groups is 4. The van der Waals surface area contributed by atoms with Crippen LogP contribution in [0, 0.1) is 0 Å². The van der Waals surface area contributed by atoms with E-state index < -0.39 is 37.7 Å². The number of methoxy groups -OCH3 is 2. The molecule has 4 aromatic carbocycles. The molecule has 6 aromatic rings. The number of halogens is 7. The Morgan fingerprint density at radius 1 is 0.640 bits per heavy atom. The lowest BCUT2D eigenvalue weighted by Crippen LogP contribution is -2.55. The fraction of sp³-hybridized carbons (Fsp3) is 0.200. The standard InChI is InChI=1S/C25H23Cl3N4O4S.C21H17Cl3N4OS.C4H7IO3/c1-35-15-21(34)36-16-37-24(30-19-11-5-9-18-10-6-14-29-22(18)19)32-23(25(26,27)28)31-20(33)13-12-17-7-3-2-4-8-17;22-21(23,24)19(27-17(29)12-11-14-6-2-1-3-7-14)28-20(30)26-16-10-4-8-15-9-5-13-25-18(15)16;1-7-2-4(6)8-3-5/h2-14,23H,15-16H2,1H3,(H,30,32)(H,31,33);1-13,19H,(H,27,29)(H2,26,28,30);2-3H2,1H3/b13-12+;12-11+;. The smallest absolute Gasteiger partial charge is 0.332 e. The zero-order chi connectivity index (χ0) is 54.6. The number of benzene rings is 4. The maximum atomic E-state index is 12.6. The van der Waals surface area contributed by atoms with Crippen molar-refractivity contribution < 1.29 is 38.1 Å². The minimum atomic E-state index is -1.99. The van der Waals surface area contributed by atoms with Crippen LogP contribution in [-0.2, 0) is 38.1 Å². The number of ether oxygens (including phenoxy) is 4. The van der Waals surface area contributed by atoms with Crippen LogP contribution in [0.25, 0.3) is 34.0 Å². The van der Waals surface area contributed by atoms with Gasteiger partial charge in [0.1, 0.15) is 29.9 Å². The number of fused-ring (bicyclic) bond motifs is 2. The van der Waals surface area contributed by atoms with E-state index in [-0.39, 0.29) is 35.4 Å². The van der Waals surface area contributed by atoms with E-state index in [0.29, 0.717) is 21.5 Å². The summed E-state index contributed by atoms with van der Waals surface area (Å²) in [4.78, 5) is 60.1. The third kappa shape index (κ3) is 23.8. The minimum Gasteiger partial charge on any atom is -0.453 e. The van der Waals surface area contributed by atoms with Gasteiger partial charge in [0.2, 0.25) is 19.4 Å². The lowest BCUT2D eigenvalue weighted by Gasteiger charge is -2.27. The van der Waals surface area contributed by atoms with Crippen molar-refractivity contribution >= 4 is 196 Å². The molecule has 0 bridgehead atoms. The molecule has 0 radical (unpaired) electrons. The Bertz CT molecular complexity index is 2890. The van der Waals surface area contributed by atoms with Crippen molar-refractivity contribution in [2.75, 3.05) is 48.6 Å². The second-order valence-corrected chi connectivity index (χ2v) is 21.3. The number of nitrogens with one attached hydrogen (secondary N) is 5. The van der Waals surface area contributed by atoms with Crippen LogP contribution in [0.3, 0.4) is 0 Å². The molecule has 0 aliphatic carbocycles. The van der Waals surface area contributed by atoms with Crippen molar-refractivity contribution in [3.63, 3.8) is 0 Å². The highest BCUT2D eigenvalue weighted by atomic mass is 127. The topological polar surface area (TPSA) is 203 Å². The second-order valence-electron chi connectivity index (χ2n) is 14.6. The van der Waals surface area contributed by atoms with Crippen LogP contribution >= 0.6 is 116 Å². The van der Waals surface area contributed by atoms with Crippen LogP contribution in [0.5, 0.6) is 0 Å². The van der Waals surface area contributed by atoms with Gasteiger partial charge in [-0.2, -0.15) is 0 Å². The normalized spacial score (nSPS) is 12.3. The molecule has 0 aliphatic heterocycles. The zero-order valence-electron chi connectivity index (χ0n) is 39.6. The average Bonchev–Trinajstić information content (AvgIpc) is 3.38. The first kappa shape index (κ1) is 62.5. The van der Waals surface area contributed by atoms with Crippen molar-refractivity contribution in [1.82, 2.24) is 25.9 Å². The molecular formula is C50H47Cl6IN8O8S2. The number of thiocarbonyl (C=S) groups is 1. The Labute approximate surface area is 486 Å². The molecule has 2 unspecified atom stereocenters. The number of para-hydroxylation sites is 2. The predicted molar refractivity (Wildman–Crippen MR) is 317 cm³/mol. The minimum absolute atomic E-state index is 0.0446. The average molecular weight is 1290 g/mol. The van der Waals surface area contributed by atoms with Crippen molar-refractivity contribution in [3.05, 3.63) is 157 Å². The van der Waals surface area contributed by atoms with Gasteiger partial charge in [-0.25, -0.2) is 14.6 Å². The van der Waals surface area contributed by atoms with E-state index in [1.807, 2.05) is 138 Å². The van der Waals surface area contributed by atoms with E-state index in [1.54, 1.807) is 30.6 Å². The number of nitrogens with zero attached hydrogens (tertiary/aromatic N) is 3. The number of amidine groups is 1. The highest BCUT2D eigenvalue weighted by molar-refractivity contribution is 14.1. The molecule has 16 nitrogen and oxygen atoms in total. The number of thioether (sulfide) groups is 1. The number of aliphatic imine (C=N–C) groups is 1. The van der Waals surface area contributed by atoms with Crippen molar-refractivity contribution in [1.29, 1.82) is 0 Å². The summed E-state index contributed by atoms with van der Waals surface area (Å²) in [5.74, 6) is -1.95. The molecular weight excluding hydrogens is 1240 g/mol. The van der Waals surface area contributed by atoms with Crippen molar-refractivity contribution in [2.24, 2.45) is 4.99 Å². The van der Waals surface area contributed by atoms with Gasteiger partial charge in [-0.15, -0.1) is 0 Å². The first-order chi connectivity index (χ1) is 35.9. The first-order valence-corrected chi connectivity index (χ1v) is 26.9. The summed E-state index contributed by atoms with van der Waals surface area (Å²) >= 11 is 44.9. The Morgan fingerprint density at radius 3 is 1.60 bits per heavy atom. The maximum Gasteiger partial charge on any atom is 0.332 e. The van der Waals surface area contributed by atoms with Crippen LogP contribution in [0.1, 0.15) is 11.1 Å². The van der Waals surface area contributed by atoms with Crippen LogP contribution < -0.4 is 26.6 Å². The summed E-state index contributed by atoms with van der Waals surface area (Å²) in [5, 5.41) is 16.4. The number of carbonyl (C=O) groups excluding carboxylic acids is 4. The summed E-state index contributed by atoms with van der Waals surface area (Å²) in [6.45, 7) is -0.155. The summed E-state index contributed by atoms with van der Waals surface area (Å²) < 4.78 is 15.4. The Morgan fingerprint density at radius 2 is 1.12 bits per heavy atom. The number of aromatic nitrogens is 2. The molecule has 25 heteroatoms.